The molecule has 3 N–H and O–H groups in total. The lowest BCUT2D eigenvalue weighted by atomic mass is 9.85. The predicted molar refractivity (Wildman–Crippen MR) is 87.0 cm³/mol. The minimum atomic E-state index is -0.0403. The first-order valence-electron chi connectivity index (χ1n) is 8.58. The van der Waals surface area contributed by atoms with Crippen molar-refractivity contribution in [3.8, 4) is 0 Å². The molecule has 0 aromatic heterocycles. The van der Waals surface area contributed by atoms with Crippen molar-refractivity contribution in [3.63, 3.8) is 0 Å². The SMILES string of the molecule is CCC1(CC)CC(NC(=O)CC(CN)CC(C)C)CCO1. The standard InChI is InChI=1S/C17H34N2O2/c1-5-17(6-2)11-15(7-8-21-17)19-16(20)10-14(12-18)9-13(3)4/h13-15H,5-12,18H2,1-4H3,(H,19,20). The molecule has 124 valence electrons. The van der Waals surface area contributed by atoms with Crippen molar-refractivity contribution >= 4 is 5.91 Å². The van der Waals surface area contributed by atoms with Crippen molar-refractivity contribution in [2.75, 3.05) is 13.2 Å². The Kier molecular flexibility index (Phi) is 7.67. The topological polar surface area (TPSA) is 64.4 Å². The Morgan fingerprint density at radius 1 is 1.38 bits per heavy atom. The smallest absolute Gasteiger partial charge is 0.220 e. The fraction of sp³-hybridized carbons (Fsp3) is 0.941. The third-order valence-corrected chi connectivity index (χ3v) is 4.76. The Bertz CT molecular complexity index is 314. The van der Waals surface area contributed by atoms with Crippen LogP contribution in [0.2, 0.25) is 0 Å². The largest absolute Gasteiger partial charge is 0.375 e. The zero-order valence-corrected chi connectivity index (χ0v) is 14.3. The highest BCUT2D eigenvalue weighted by molar-refractivity contribution is 5.76. The summed E-state index contributed by atoms with van der Waals surface area (Å²) in [5, 5.41) is 3.21. The molecule has 1 aliphatic rings. The molecule has 4 heteroatoms. The average Bonchev–Trinajstić information content (AvgIpc) is 2.46. The van der Waals surface area contributed by atoms with Crippen LogP contribution in [0, 0.1) is 11.8 Å². The monoisotopic (exact) mass is 298 g/mol. The van der Waals surface area contributed by atoms with E-state index in [0.29, 0.717) is 24.8 Å². The van der Waals surface area contributed by atoms with Gasteiger partial charge in [-0.05, 0) is 50.5 Å². The van der Waals surface area contributed by atoms with E-state index in [1.165, 1.54) is 0 Å². The van der Waals surface area contributed by atoms with Gasteiger partial charge < -0.3 is 15.8 Å². The fourth-order valence-corrected chi connectivity index (χ4v) is 3.37. The molecule has 1 rings (SSSR count). The summed E-state index contributed by atoms with van der Waals surface area (Å²) in [6.45, 7) is 10.0. The first-order chi connectivity index (χ1) is 9.94. The van der Waals surface area contributed by atoms with Crippen LogP contribution < -0.4 is 11.1 Å². The molecule has 21 heavy (non-hydrogen) atoms. The Hall–Kier alpha value is -0.610. The van der Waals surface area contributed by atoms with Crippen LogP contribution in [0.25, 0.3) is 0 Å². The summed E-state index contributed by atoms with van der Waals surface area (Å²) in [6, 6.07) is 0.253. The number of hydrogen-bond donors (Lipinski definition) is 2. The number of amides is 1. The van der Waals surface area contributed by atoms with Crippen LogP contribution in [-0.4, -0.2) is 30.7 Å². The molecule has 1 amide bonds. The van der Waals surface area contributed by atoms with Crippen molar-refractivity contribution in [1.82, 2.24) is 5.32 Å². The second kappa shape index (κ2) is 8.74. The van der Waals surface area contributed by atoms with Gasteiger partial charge in [-0.15, -0.1) is 0 Å². The van der Waals surface area contributed by atoms with E-state index < -0.39 is 0 Å². The Labute approximate surface area is 130 Å². The normalized spacial score (nSPS) is 23.0. The zero-order chi connectivity index (χ0) is 15.9. The third kappa shape index (κ3) is 5.95. The van der Waals surface area contributed by atoms with Gasteiger partial charge in [-0.25, -0.2) is 0 Å². The molecule has 1 fully saturated rings. The van der Waals surface area contributed by atoms with Crippen LogP contribution in [0.1, 0.15) is 66.2 Å². The van der Waals surface area contributed by atoms with Crippen molar-refractivity contribution in [2.45, 2.75) is 77.9 Å². The molecule has 2 unspecified atom stereocenters. The van der Waals surface area contributed by atoms with E-state index in [4.69, 9.17) is 10.5 Å². The maximum Gasteiger partial charge on any atom is 0.220 e. The summed E-state index contributed by atoms with van der Waals surface area (Å²) in [4.78, 5) is 12.2. The van der Waals surface area contributed by atoms with Gasteiger partial charge in [-0.2, -0.15) is 0 Å². The number of hydrogen-bond acceptors (Lipinski definition) is 3. The number of rotatable bonds is 8. The minimum absolute atomic E-state index is 0.0403. The van der Waals surface area contributed by atoms with Crippen LogP contribution in [0.3, 0.4) is 0 Å². The van der Waals surface area contributed by atoms with E-state index in [1.807, 2.05) is 0 Å². The van der Waals surface area contributed by atoms with Gasteiger partial charge in [0.05, 0.1) is 5.60 Å². The van der Waals surface area contributed by atoms with E-state index in [9.17, 15) is 4.79 Å². The molecule has 0 saturated carbocycles. The van der Waals surface area contributed by atoms with E-state index in [2.05, 4.69) is 33.0 Å². The van der Waals surface area contributed by atoms with Gasteiger partial charge in [-0.3, -0.25) is 4.79 Å². The van der Waals surface area contributed by atoms with Gasteiger partial charge in [0.25, 0.3) is 0 Å². The molecule has 1 saturated heterocycles. The molecular weight excluding hydrogens is 264 g/mol. The molecule has 0 radical (unpaired) electrons. The second-order valence-corrected chi connectivity index (χ2v) is 6.93. The lowest BCUT2D eigenvalue weighted by molar-refractivity contribution is -0.127. The lowest BCUT2D eigenvalue weighted by Gasteiger charge is -2.40. The summed E-state index contributed by atoms with van der Waals surface area (Å²) in [6.07, 6.45) is 5.44. The molecule has 0 bridgehead atoms. The maximum atomic E-state index is 12.2. The molecule has 0 aromatic carbocycles. The summed E-state index contributed by atoms with van der Waals surface area (Å²) in [7, 11) is 0. The van der Waals surface area contributed by atoms with Crippen LogP contribution in [-0.2, 0) is 9.53 Å². The molecule has 1 heterocycles. The van der Waals surface area contributed by atoms with Crippen molar-refractivity contribution in [2.24, 2.45) is 17.6 Å². The number of ether oxygens (including phenoxy) is 1. The van der Waals surface area contributed by atoms with Gasteiger partial charge in [0.1, 0.15) is 0 Å². The molecule has 2 atom stereocenters. The summed E-state index contributed by atoms with van der Waals surface area (Å²) in [5.41, 5.74) is 5.75. The maximum absolute atomic E-state index is 12.2. The van der Waals surface area contributed by atoms with E-state index in [0.717, 1.165) is 38.7 Å². The molecule has 1 aliphatic heterocycles. The van der Waals surface area contributed by atoms with Crippen molar-refractivity contribution in [1.29, 1.82) is 0 Å². The van der Waals surface area contributed by atoms with Gasteiger partial charge in [-0.1, -0.05) is 27.7 Å². The van der Waals surface area contributed by atoms with E-state index in [1.54, 1.807) is 0 Å². The average molecular weight is 298 g/mol. The predicted octanol–water partition coefficient (Wildman–Crippen LogP) is 2.85. The highest BCUT2D eigenvalue weighted by Gasteiger charge is 2.35. The summed E-state index contributed by atoms with van der Waals surface area (Å²) in [5.74, 6) is 1.04. The third-order valence-electron chi connectivity index (χ3n) is 4.76. The van der Waals surface area contributed by atoms with Gasteiger partial charge in [0, 0.05) is 19.1 Å². The van der Waals surface area contributed by atoms with Gasteiger partial charge >= 0.3 is 0 Å². The molecule has 4 nitrogen and oxygen atoms in total. The van der Waals surface area contributed by atoms with E-state index in [-0.39, 0.29) is 17.6 Å². The first-order valence-corrected chi connectivity index (χ1v) is 8.58. The van der Waals surface area contributed by atoms with Crippen LogP contribution in [0.15, 0.2) is 0 Å². The summed E-state index contributed by atoms with van der Waals surface area (Å²) < 4.78 is 5.96. The molecule has 0 spiro atoms. The number of carbonyl (C=O) groups excluding carboxylic acids is 1. The lowest BCUT2D eigenvalue weighted by Crippen LogP contribution is -2.48. The molecule has 0 aromatic rings. The Balaban J connectivity index is 2.46. The number of nitrogens with two attached hydrogens (primary N) is 1. The Morgan fingerprint density at radius 3 is 2.57 bits per heavy atom. The Morgan fingerprint density at radius 2 is 2.05 bits per heavy atom. The quantitative estimate of drug-likeness (QED) is 0.724. The van der Waals surface area contributed by atoms with Crippen LogP contribution in [0.4, 0.5) is 0 Å². The zero-order valence-electron chi connectivity index (χ0n) is 14.3. The molecule has 0 aliphatic carbocycles. The fourth-order valence-electron chi connectivity index (χ4n) is 3.37. The van der Waals surface area contributed by atoms with Crippen LogP contribution in [0.5, 0.6) is 0 Å². The van der Waals surface area contributed by atoms with Gasteiger partial charge in [0.15, 0.2) is 0 Å². The second-order valence-electron chi connectivity index (χ2n) is 6.93. The number of nitrogens with one attached hydrogen (secondary N) is 1. The van der Waals surface area contributed by atoms with Crippen molar-refractivity contribution < 1.29 is 9.53 Å². The highest BCUT2D eigenvalue weighted by atomic mass is 16.5. The summed E-state index contributed by atoms with van der Waals surface area (Å²) >= 11 is 0. The first kappa shape index (κ1) is 18.4. The number of carbonyl (C=O) groups is 1. The molecular formula is C17H34N2O2. The highest BCUT2D eigenvalue weighted by Crippen LogP contribution is 2.31. The van der Waals surface area contributed by atoms with E-state index >= 15 is 0 Å². The van der Waals surface area contributed by atoms with Crippen LogP contribution >= 0.6 is 0 Å². The van der Waals surface area contributed by atoms with Crippen molar-refractivity contribution in [3.05, 3.63) is 0 Å². The minimum Gasteiger partial charge on any atom is -0.375 e. The van der Waals surface area contributed by atoms with Gasteiger partial charge in [0.2, 0.25) is 5.91 Å².